The fourth-order valence-electron chi connectivity index (χ4n) is 3.43. The molecule has 3 rings (SSSR count). The summed E-state index contributed by atoms with van der Waals surface area (Å²) in [5.41, 5.74) is 4.04. The Bertz CT molecular complexity index is 1000. The van der Waals surface area contributed by atoms with E-state index >= 15 is 0 Å². The molecule has 0 aromatic heterocycles. The summed E-state index contributed by atoms with van der Waals surface area (Å²) in [7, 11) is 5.23. The third kappa shape index (κ3) is 5.64. The van der Waals surface area contributed by atoms with Crippen LogP contribution in [0, 0.1) is 0 Å². The van der Waals surface area contributed by atoms with Gasteiger partial charge in [0.25, 0.3) is 0 Å². The Kier molecular flexibility index (Phi) is 7.68. The first-order valence-corrected chi connectivity index (χ1v) is 10.4. The van der Waals surface area contributed by atoms with E-state index in [0.29, 0.717) is 11.5 Å². The number of nitrogens with zero attached hydrogens (tertiary/aromatic N) is 1. The van der Waals surface area contributed by atoms with E-state index in [-0.39, 0.29) is 11.9 Å². The van der Waals surface area contributed by atoms with Crippen molar-refractivity contribution in [2.24, 2.45) is 0 Å². The lowest BCUT2D eigenvalue weighted by molar-refractivity contribution is -0.120. The molecule has 0 spiro atoms. The largest absolute Gasteiger partial charge is 0.493 e. The number of amides is 1. The van der Waals surface area contributed by atoms with Gasteiger partial charge >= 0.3 is 0 Å². The van der Waals surface area contributed by atoms with E-state index in [4.69, 9.17) is 9.47 Å². The molecule has 5 heteroatoms. The third-order valence-electron chi connectivity index (χ3n) is 5.51. The number of anilines is 1. The lowest BCUT2D eigenvalue weighted by Crippen LogP contribution is -2.40. The van der Waals surface area contributed by atoms with Gasteiger partial charge in [0.2, 0.25) is 5.91 Å². The van der Waals surface area contributed by atoms with Gasteiger partial charge in [-0.25, -0.2) is 0 Å². The summed E-state index contributed by atoms with van der Waals surface area (Å²) in [6, 6.07) is 23.6. The van der Waals surface area contributed by atoms with E-state index in [2.05, 4.69) is 10.2 Å². The Morgan fingerprint density at radius 2 is 1.61 bits per heavy atom. The van der Waals surface area contributed by atoms with Crippen molar-refractivity contribution in [3.63, 3.8) is 0 Å². The number of carbonyl (C=O) groups is 1. The predicted octanol–water partition coefficient (Wildman–Crippen LogP) is 4.87. The molecule has 1 atom stereocenters. The minimum absolute atomic E-state index is 0.0295. The second kappa shape index (κ2) is 10.6. The van der Waals surface area contributed by atoms with Crippen LogP contribution in [-0.4, -0.2) is 44.7 Å². The van der Waals surface area contributed by atoms with Gasteiger partial charge in [0.1, 0.15) is 0 Å². The van der Waals surface area contributed by atoms with Crippen LogP contribution in [0.2, 0.25) is 0 Å². The maximum atomic E-state index is 12.9. The Morgan fingerprint density at radius 3 is 2.32 bits per heavy atom. The summed E-state index contributed by atoms with van der Waals surface area (Å²) in [6.07, 6.45) is 0.801. The molecule has 0 bridgehead atoms. The first kappa shape index (κ1) is 22.4. The zero-order chi connectivity index (χ0) is 22.2. The Morgan fingerprint density at radius 1 is 0.935 bits per heavy atom. The molecular weight excluding hydrogens is 388 g/mol. The molecule has 1 amide bonds. The molecule has 1 N–H and O–H groups in total. The molecule has 0 aliphatic rings. The summed E-state index contributed by atoms with van der Waals surface area (Å²) >= 11 is 0. The zero-order valence-electron chi connectivity index (χ0n) is 18.6. The number of likely N-dealkylation sites (N-methyl/N-ethyl adjacent to an activating group) is 1. The number of nitrogens with one attached hydrogen (secondary N) is 1. The van der Waals surface area contributed by atoms with E-state index in [1.165, 1.54) is 0 Å². The molecule has 0 unspecified atom stereocenters. The normalized spacial score (nSPS) is 11.8. The number of methoxy groups -OCH3 is 2. The zero-order valence-corrected chi connectivity index (χ0v) is 18.6. The van der Waals surface area contributed by atoms with Crippen molar-refractivity contribution in [1.82, 2.24) is 4.90 Å². The molecule has 0 heterocycles. The number of rotatable bonds is 9. The minimum Gasteiger partial charge on any atom is -0.493 e. The number of carbonyl (C=O) groups excluding carboxylic acids is 1. The maximum Gasteiger partial charge on any atom is 0.241 e. The van der Waals surface area contributed by atoms with Gasteiger partial charge in [0.05, 0.1) is 20.3 Å². The second-order valence-corrected chi connectivity index (χ2v) is 7.50. The van der Waals surface area contributed by atoms with Gasteiger partial charge in [0, 0.05) is 17.8 Å². The Hall–Kier alpha value is -3.31. The standard InChI is InChI=1S/C26H30N2O3/c1-19(28(2)17-16-20-14-15-24(30-3)25(18-20)31-4)26(29)27-23-13-9-8-12-22(23)21-10-6-5-7-11-21/h5-15,18-19H,16-17H2,1-4H3,(H,27,29)/t19-/m0/s1. The van der Waals surface area contributed by atoms with Crippen LogP contribution >= 0.6 is 0 Å². The molecule has 0 saturated heterocycles. The van der Waals surface area contributed by atoms with Gasteiger partial charge in [-0.1, -0.05) is 54.6 Å². The van der Waals surface area contributed by atoms with Crippen LogP contribution in [0.4, 0.5) is 5.69 Å². The third-order valence-corrected chi connectivity index (χ3v) is 5.51. The Balaban J connectivity index is 1.63. The highest BCUT2D eigenvalue weighted by Crippen LogP contribution is 2.29. The van der Waals surface area contributed by atoms with Gasteiger partial charge in [-0.15, -0.1) is 0 Å². The smallest absolute Gasteiger partial charge is 0.241 e. The van der Waals surface area contributed by atoms with E-state index in [9.17, 15) is 4.79 Å². The van der Waals surface area contributed by atoms with Gasteiger partial charge in [-0.2, -0.15) is 0 Å². The van der Waals surface area contributed by atoms with Crippen molar-refractivity contribution in [2.45, 2.75) is 19.4 Å². The van der Waals surface area contributed by atoms with Gasteiger partial charge in [-0.3, -0.25) is 9.69 Å². The van der Waals surface area contributed by atoms with Gasteiger partial charge in [-0.05, 0) is 49.7 Å². The topological polar surface area (TPSA) is 50.8 Å². The molecular formula is C26H30N2O3. The van der Waals surface area contributed by atoms with E-state index in [1.807, 2.05) is 86.8 Å². The lowest BCUT2D eigenvalue weighted by atomic mass is 10.0. The summed E-state index contributed by atoms with van der Waals surface area (Å²) in [6.45, 7) is 2.67. The SMILES string of the molecule is COc1ccc(CCN(C)[C@@H](C)C(=O)Nc2ccccc2-c2ccccc2)cc1OC. The average molecular weight is 419 g/mol. The molecule has 31 heavy (non-hydrogen) atoms. The number of ether oxygens (including phenoxy) is 2. The fraction of sp³-hybridized carbons (Fsp3) is 0.269. The average Bonchev–Trinajstić information content (AvgIpc) is 2.82. The molecule has 162 valence electrons. The summed E-state index contributed by atoms with van der Waals surface area (Å²) < 4.78 is 10.7. The number of benzene rings is 3. The van der Waals surface area contributed by atoms with Gasteiger partial charge in [0.15, 0.2) is 11.5 Å². The van der Waals surface area contributed by atoms with Crippen molar-refractivity contribution < 1.29 is 14.3 Å². The monoisotopic (exact) mass is 418 g/mol. The van der Waals surface area contributed by atoms with Crippen LogP contribution in [0.5, 0.6) is 11.5 Å². The summed E-state index contributed by atoms with van der Waals surface area (Å²) in [5.74, 6) is 1.40. The van der Waals surface area contributed by atoms with Crippen molar-refractivity contribution in [3.8, 4) is 22.6 Å². The minimum atomic E-state index is -0.274. The van der Waals surface area contributed by atoms with Crippen molar-refractivity contribution in [3.05, 3.63) is 78.4 Å². The van der Waals surface area contributed by atoms with Crippen LogP contribution in [0.15, 0.2) is 72.8 Å². The van der Waals surface area contributed by atoms with Crippen molar-refractivity contribution >= 4 is 11.6 Å². The first-order chi connectivity index (χ1) is 15.0. The molecule has 0 aliphatic carbocycles. The highest BCUT2D eigenvalue weighted by Gasteiger charge is 2.19. The summed E-state index contributed by atoms with van der Waals surface area (Å²) in [5, 5.41) is 3.10. The van der Waals surface area contributed by atoms with Gasteiger partial charge < -0.3 is 14.8 Å². The number of para-hydroxylation sites is 1. The van der Waals surface area contributed by atoms with E-state index in [0.717, 1.165) is 35.3 Å². The molecule has 3 aromatic rings. The van der Waals surface area contributed by atoms with Crippen LogP contribution in [0.1, 0.15) is 12.5 Å². The van der Waals surface area contributed by atoms with Crippen molar-refractivity contribution in [2.75, 3.05) is 33.1 Å². The van der Waals surface area contributed by atoms with Crippen molar-refractivity contribution in [1.29, 1.82) is 0 Å². The van der Waals surface area contributed by atoms with E-state index in [1.54, 1.807) is 14.2 Å². The molecule has 0 aliphatic heterocycles. The molecule has 0 radical (unpaired) electrons. The van der Waals surface area contributed by atoms with Crippen LogP contribution in [-0.2, 0) is 11.2 Å². The Labute approximate surface area is 184 Å². The number of hydrogen-bond donors (Lipinski definition) is 1. The van der Waals surface area contributed by atoms with Crippen LogP contribution in [0.25, 0.3) is 11.1 Å². The second-order valence-electron chi connectivity index (χ2n) is 7.50. The van der Waals surface area contributed by atoms with E-state index < -0.39 is 0 Å². The molecule has 5 nitrogen and oxygen atoms in total. The molecule has 3 aromatic carbocycles. The fourth-order valence-corrected chi connectivity index (χ4v) is 3.43. The summed E-state index contributed by atoms with van der Waals surface area (Å²) in [4.78, 5) is 15.0. The number of hydrogen-bond acceptors (Lipinski definition) is 4. The first-order valence-electron chi connectivity index (χ1n) is 10.4. The highest BCUT2D eigenvalue weighted by molar-refractivity contribution is 5.98. The predicted molar refractivity (Wildman–Crippen MR) is 126 cm³/mol. The quantitative estimate of drug-likeness (QED) is 0.539. The molecule has 0 saturated carbocycles. The maximum absolute atomic E-state index is 12.9. The highest BCUT2D eigenvalue weighted by atomic mass is 16.5. The lowest BCUT2D eigenvalue weighted by Gasteiger charge is -2.24. The molecule has 0 fully saturated rings. The van der Waals surface area contributed by atoms with Crippen LogP contribution in [0.3, 0.4) is 0 Å². The van der Waals surface area contributed by atoms with Crippen LogP contribution < -0.4 is 14.8 Å².